The first-order chi connectivity index (χ1) is 11.5. The minimum Gasteiger partial charge on any atom is -0.321 e. The largest absolute Gasteiger partial charge is 0.321 e. The van der Waals surface area contributed by atoms with Crippen molar-refractivity contribution in [2.24, 2.45) is 0 Å². The Labute approximate surface area is 144 Å². The molecule has 24 heavy (non-hydrogen) atoms. The van der Waals surface area contributed by atoms with Crippen molar-refractivity contribution in [2.45, 2.75) is 16.0 Å². The zero-order valence-electron chi connectivity index (χ0n) is 12.9. The van der Waals surface area contributed by atoms with Crippen LogP contribution in [0.2, 0.25) is 0 Å². The Kier molecular flexibility index (Phi) is 4.51. The Morgan fingerprint density at radius 1 is 0.958 bits per heavy atom. The van der Waals surface area contributed by atoms with Gasteiger partial charge in [0.25, 0.3) is 5.91 Å². The number of anilines is 1. The maximum absolute atomic E-state index is 12.6. The molecule has 0 saturated heterocycles. The summed E-state index contributed by atoms with van der Waals surface area (Å²) in [6.45, 7) is 1.94. The fourth-order valence-corrected chi connectivity index (χ4v) is 4.84. The number of nitrogens with one attached hydrogen (secondary N) is 1. The Morgan fingerprint density at radius 3 is 2.42 bits per heavy atom. The first-order valence-electron chi connectivity index (χ1n) is 7.25. The van der Waals surface area contributed by atoms with Crippen LogP contribution < -0.4 is 5.32 Å². The molecule has 0 saturated carbocycles. The topological polar surface area (TPSA) is 63.2 Å². The zero-order chi connectivity index (χ0) is 17.2. The standard InChI is InChI=1S/C18H15NO3S2/c1-13-6-5-7-14(12-13)19-18(20)16-10-11-17(23-16)24(21,22)15-8-3-2-4-9-15/h2-12H,1H3,(H,19,20). The van der Waals surface area contributed by atoms with Gasteiger partial charge in [-0.1, -0.05) is 30.3 Å². The summed E-state index contributed by atoms with van der Waals surface area (Å²) in [7, 11) is -3.59. The number of carbonyl (C=O) groups is 1. The van der Waals surface area contributed by atoms with Gasteiger partial charge in [0.1, 0.15) is 4.21 Å². The molecule has 0 spiro atoms. The monoisotopic (exact) mass is 357 g/mol. The molecule has 0 aliphatic carbocycles. The van der Waals surface area contributed by atoms with E-state index in [-0.39, 0.29) is 15.0 Å². The lowest BCUT2D eigenvalue weighted by Crippen LogP contribution is -2.10. The molecular formula is C18H15NO3S2. The van der Waals surface area contributed by atoms with Crippen LogP contribution in [0.25, 0.3) is 0 Å². The maximum Gasteiger partial charge on any atom is 0.265 e. The number of carbonyl (C=O) groups excluding carboxylic acids is 1. The number of benzene rings is 2. The molecule has 122 valence electrons. The average Bonchev–Trinajstić information content (AvgIpc) is 3.07. The third-order valence-electron chi connectivity index (χ3n) is 3.40. The second-order valence-electron chi connectivity index (χ2n) is 5.26. The van der Waals surface area contributed by atoms with Crippen LogP contribution in [0.15, 0.2) is 75.8 Å². The Bertz CT molecular complexity index is 976. The summed E-state index contributed by atoms with van der Waals surface area (Å²) < 4.78 is 25.3. The van der Waals surface area contributed by atoms with E-state index in [1.165, 1.54) is 12.1 Å². The van der Waals surface area contributed by atoms with E-state index in [0.717, 1.165) is 16.9 Å². The van der Waals surface area contributed by atoms with Crippen molar-refractivity contribution in [3.63, 3.8) is 0 Å². The quantitative estimate of drug-likeness (QED) is 0.763. The van der Waals surface area contributed by atoms with Gasteiger partial charge in [0.05, 0.1) is 9.77 Å². The van der Waals surface area contributed by atoms with E-state index in [0.29, 0.717) is 10.6 Å². The van der Waals surface area contributed by atoms with Crippen LogP contribution in [0.4, 0.5) is 5.69 Å². The summed E-state index contributed by atoms with van der Waals surface area (Å²) in [6, 6.07) is 18.6. The molecule has 0 aliphatic rings. The van der Waals surface area contributed by atoms with E-state index in [1.54, 1.807) is 36.4 Å². The molecule has 1 heterocycles. The number of hydrogen-bond donors (Lipinski definition) is 1. The molecule has 2 aromatic carbocycles. The van der Waals surface area contributed by atoms with Crippen LogP contribution >= 0.6 is 11.3 Å². The maximum atomic E-state index is 12.6. The molecule has 0 radical (unpaired) electrons. The third-order valence-corrected chi connectivity index (χ3v) is 6.74. The molecule has 0 unspecified atom stereocenters. The number of aryl methyl sites for hydroxylation is 1. The van der Waals surface area contributed by atoms with Crippen LogP contribution in [0.1, 0.15) is 15.2 Å². The van der Waals surface area contributed by atoms with Gasteiger partial charge in [-0.15, -0.1) is 11.3 Å². The summed E-state index contributed by atoms with van der Waals surface area (Å²) in [5.41, 5.74) is 1.71. The number of amides is 1. The minimum absolute atomic E-state index is 0.156. The van der Waals surface area contributed by atoms with E-state index in [4.69, 9.17) is 0 Å². The molecular weight excluding hydrogens is 342 g/mol. The molecule has 0 fully saturated rings. The Morgan fingerprint density at radius 2 is 1.71 bits per heavy atom. The highest BCUT2D eigenvalue weighted by Gasteiger charge is 2.21. The molecule has 3 aromatic rings. The highest BCUT2D eigenvalue weighted by molar-refractivity contribution is 7.93. The first-order valence-corrected chi connectivity index (χ1v) is 9.55. The summed E-state index contributed by atoms with van der Waals surface area (Å²) in [5.74, 6) is -0.319. The molecule has 1 N–H and O–H groups in total. The van der Waals surface area contributed by atoms with Gasteiger partial charge in [-0.25, -0.2) is 8.42 Å². The van der Waals surface area contributed by atoms with Gasteiger partial charge in [0.2, 0.25) is 9.84 Å². The van der Waals surface area contributed by atoms with Crippen LogP contribution in [-0.4, -0.2) is 14.3 Å². The van der Waals surface area contributed by atoms with Crippen LogP contribution in [0.5, 0.6) is 0 Å². The van der Waals surface area contributed by atoms with Gasteiger partial charge in [-0.05, 0) is 48.9 Å². The van der Waals surface area contributed by atoms with Crippen molar-refractivity contribution in [3.8, 4) is 0 Å². The Balaban J connectivity index is 1.84. The first kappa shape index (κ1) is 16.4. The van der Waals surface area contributed by atoms with Gasteiger partial charge < -0.3 is 5.32 Å². The fraction of sp³-hybridized carbons (Fsp3) is 0.0556. The predicted octanol–water partition coefficient (Wildman–Crippen LogP) is 4.14. The second-order valence-corrected chi connectivity index (χ2v) is 8.52. The van der Waals surface area contributed by atoms with Crippen molar-refractivity contribution in [2.75, 3.05) is 5.32 Å². The summed E-state index contributed by atoms with van der Waals surface area (Å²) >= 11 is 0.966. The lowest BCUT2D eigenvalue weighted by molar-refractivity contribution is 0.103. The van der Waals surface area contributed by atoms with Crippen molar-refractivity contribution in [3.05, 3.63) is 77.2 Å². The van der Waals surface area contributed by atoms with Gasteiger partial charge in [0.15, 0.2) is 0 Å². The number of sulfone groups is 1. The summed E-state index contributed by atoms with van der Waals surface area (Å²) in [6.07, 6.45) is 0. The molecule has 3 rings (SSSR count). The molecule has 4 nitrogen and oxygen atoms in total. The Hall–Kier alpha value is -2.44. The average molecular weight is 357 g/mol. The van der Waals surface area contributed by atoms with Gasteiger partial charge in [-0.2, -0.15) is 0 Å². The molecule has 0 atom stereocenters. The second kappa shape index (κ2) is 6.59. The number of thiophene rings is 1. The van der Waals surface area contributed by atoms with Crippen LogP contribution in [0, 0.1) is 6.92 Å². The third kappa shape index (κ3) is 3.39. The predicted molar refractivity (Wildman–Crippen MR) is 95.3 cm³/mol. The SMILES string of the molecule is Cc1cccc(NC(=O)c2ccc(S(=O)(=O)c3ccccc3)s2)c1. The van der Waals surface area contributed by atoms with E-state index in [2.05, 4.69) is 5.32 Å². The van der Waals surface area contributed by atoms with Crippen molar-refractivity contribution >= 4 is 32.8 Å². The molecule has 0 aliphatic heterocycles. The minimum atomic E-state index is -3.59. The van der Waals surface area contributed by atoms with Gasteiger partial charge >= 0.3 is 0 Å². The van der Waals surface area contributed by atoms with E-state index < -0.39 is 9.84 Å². The summed E-state index contributed by atoms with van der Waals surface area (Å²) in [4.78, 5) is 12.9. The molecule has 0 bridgehead atoms. The zero-order valence-corrected chi connectivity index (χ0v) is 14.5. The van der Waals surface area contributed by atoms with Gasteiger partial charge in [-0.3, -0.25) is 4.79 Å². The normalized spacial score (nSPS) is 11.2. The molecule has 1 amide bonds. The highest BCUT2D eigenvalue weighted by atomic mass is 32.2. The number of rotatable bonds is 4. The lowest BCUT2D eigenvalue weighted by Gasteiger charge is -2.04. The lowest BCUT2D eigenvalue weighted by atomic mass is 10.2. The van der Waals surface area contributed by atoms with E-state index in [9.17, 15) is 13.2 Å². The highest BCUT2D eigenvalue weighted by Crippen LogP contribution is 2.28. The van der Waals surface area contributed by atoms with E-state index in [1.807, 2.05) is 25.1 Å². The van der Waals surface area contributed by atoms with Crippen molar-refractivity contribution < 1.29 is 13.2 Å². The molecule has 1 aromatic heterocycles. The van der Waals surface area contributed by atoms with E-state index >= 15 is 0 Å². The molecule has 6 heteroatoms. The van der Waals surface area contributed by atoms with Crippen molar-refractivity contribution in [1.29, 1.82) is 0 Å². The fourth-order valence-electron chi connectivity index (χ4n) is 2.22. The number of hydrogen-bond acceptors (Lipinski definition) is 4. The van der Waals surface area contributed by atoms with Crippen molar-refractivity contribution in [1.82, 2.24) is 0 Å². The van der Waals surface area contributed by atoms with Crippen LogP contribution in [0.3, 0.4) is 0 Å². The van der Waals surface area contributed by atoms with Gasteiger partial charge in [0, 0.05) is 5.69 Å². The smallest absolute Gasteiger partial charge is 0.265 e. The summed E-state index contributed by atoms with van der Waals surface area (Å²) in [5, 5.41) is 2.78. The van der Waals surface area contributed by atoms with Crippen LogP contribution in [-0.2, 0) is 9.84 Å².